The summed E-state index contributed by atoms with van der Waals surface area (Å²) in [6.45, 7) is 6.66. The summed E-state index contributed by atoms with van der Waals surface area (Å²) in [5.41, 5.74) is 4.10. The summed E-state index contributed by atoms with van der Waals surface area (Å²) in [5.74, 6) is 0.735. The van der Waals surface area contributed by atoms with Crippen molar-refractivity contribution in [1.29, 1.82) is 0 Å². The smallest absolute Gasteiger partial charge is 0.0542 e. The van der Waals surface area contributed by atoms with Crippen LogP contribution in [0.15, 0.2) is 23.2 Å². The molecule has 1 aliphatic rings. The predicted molar refractivity (Wildman–Crippen MR) is 65.7 cm³/mol. The molecule has 0 spiro atoms. The van der Waals surface area contributed by atoms with Crippen LogP contribution >= 0.6 is 0 Å². The van der Waals surface area contributed by atoms with E-state index in [1.165, 1.54) is 23.1 Å². The number of aryl methyl sites for hydroxylation is 1. The van der Waals surface area contributed by atoms with Gasteiger partial charge < -0.3 is 0 Å². The Balaban J connectivity index is 2.17. The molecule has 1 unspecified atom stereocenters. The summed E-state index contributed by atoms with van der Waals surface area (Å²) in [7, 11) is 0. The van der Waals surface area contributed by atoms with E-state index in [9.17, 15) is 0 Å². The fourth-order valence-corrected chi connectivity index (χ4v) is 2.20. The van der Waals surface area contributed by atoms with Crippen LogP contribution in [0.4, 0.5) is 0 Å². The molecule has 0 aromatic heterocycles. The summed E-state index contributed by atoms with van der Waals surface area (Å²) in [5, 5.41) is 0. The van der Waals surface area contributed by atoms with Gasteiger partial charge in [0.25, 0.3) is 0 Å². The lowest BCUT2D eigenvalue weighted by Gasteiger charge is -2.20. The number of benzene rings is 1. The molecule has 1 heterocycles. The Labute approximate surface area is 92.2 Å². The van der Waals surface area contributed by atoms with E-state index in [1.807, 2.05) is 0 Å². The van der Waals surface area contributed by atoms with Crippen molar-refractivity contribution in [2.75, 3.05) is 0 Å². The molecule has 1 aromatic carbocycles. The first kappa shape index (κ1) is 10.4. The fraction of sp³-hybridized carbons (Fsp3) is 0.500. The maximum absolute atomic E-state index is 4.63. The van der Waals surface area contributed by atoms with Gasteiger partial charge in [0.05, 0.1) is 6.04 Å². The molecule has 15 heavy (non-hydrogen) atoms. The Bertz CT molecular complexity index is 377. The maximum Gasteiger partial charge on any atom is 0.0542 e. The van der Waals surface area contributed by atoms with Crippen LogP contribution in [0, 0.1) is 12.8 Å². The van der Waals surface area contributed by atoms with Gasteiger partial charge in [-0.05, 0) is 36.8 Å². The fourth-order valence-electron chi connectivity index (χ4n) is 2.20. The van der Waals surface area contributed by atoms with Gasteiger partial charge in [-0.15, -0.1) is 0 Å². The highest BCUT2D eigenvalue weighted by atomic mass is 14.8. The van der Waals surface area contributed by atoms with Gasteiger partial charge in [-0.2, -0.15) is 0 Å². The van der Waals surface area contributed by atoms with Crippen molar-refractivity contribution >= 4 is 6.21 Å². The summed E-state index contributed by atoms with van der Waals surface area (Å²) in [4.78, 5) is 4.63. The van der Waals surface area contributed by atoms with Gasteiger partial charge in [0.15, 0.2) is 0 Å². The zero-order valence-corrected chi connectivity index (χ0v) is 9.83. The van der Waals surface area contributed by atoms with Gasteiger partial charge in [0.2, 0.25) is 0 Å². The van der Waals surface area contributed by atoms with Crippen molar-refractivity contribution in [3.05, 3.63) is 34.9 Å². The second-order valence-electron chi connectivity index (χ2n) is 4.97. The van der Waals surface area contributed by atoms with Crippen molar-refractivity contribution in [2.45, 2.75) is 39.7 Å². The van der Waals surface area contributed by atoms with Crippen LogP contribution in [-0.4, -0.2) is 12.3 Å². The van der Waals surface area contributed by atoms with E-state index in [4.69, 9.17) is 0 Å². The molecule has 0 radical (unpaired) electrons. The Kier molecular flexibility index (Phi) is 2.90. The minimum absolute atomic E-state index is 0.500. The van der Waals surface area contributed by atoms with Crippen molar-refractivity contribution in [3.63, 3.8) is 0 Å². The molecule has 0 saturated heterocycles. The number of hydrogen-bond acceptors (Lipinski definition) is 1. The van der Waals surface area contributed by atoms with Gasteiger partial charge >= 0.3 is 0 Å². The Morgan fingerprint density at radius 2 is 2.20 bits per heavy atom. The third-order valence-corrected chi connectivity index (χ3v) is 2.92. The largest absolute Gasteiger partial charge is 0.289 e. The Hall–Kier alpha value is -1.11. The van der Waals surface area contributed by atoms with E-state index >= 15 is 0 Å². The molecule has 0 aliphatic carbocycles. The molecule has 0 bridgehead atoms. The third-order valence-electron chi connectivity index (χ3n) is 2.92. The molecular weight excluding hydrogens is 182 g/mol. The average molecular weight is 201 g/mol. The minimum Gasteiger partial charge on any atom is -0.289 e. The number of aliphatic imine (C=N–C) groups is 1. The number of fused-ring (bicyclic) bond motifs is 1. The molecule has 1 aromatic rings. The molecule has 80 valence electrons. The molecule has 0 amide bonds. The summed E-state index contributed by atoms with van der Waals surface area (Å²) in [6, 6.07) is 7.18. The van der Waals surface area contributed by atoms with E-state index in [-0.39, 0.29) is 0 Å². The Morgan fingerprint density at radius 3 is 2.93 bits per heavy atom. The van der Waals surface area contributed by atoms with E-state index < -0.39 is 0 Å². The lowest BCUT2D eigenvalue weighted by Crippen LogP contribution is -2.17. The highest BCUT2D eigenvalue weighted by molar-refractivity contribution is 5.83. The Morgan fingerprint density at radius 1 is 1.40 bits per heavy atom. The standard InChI is InChI=1S/C14H19N/c1-10(2)6-14-8-12-5-4-11(3)7-13(12)9-15-14/h4-5,7,9-10,14H,6,8H2,1-3H3. The predicted octanol–water partition coefficient (Wildman–Crippen LogP) is 3.38. The zero-order chi connectivity index (χ0) is 10.8. The molecule has 0 fully saturated rings. The van der Waals surface area contributed by atoms with Crippen LogP contribution in [-0.2, 0) is 6.42 Å². The molecule has 1 atom stereocenters. The van der Waals surface area contributed by atoms with Gasteiger partial charge in [-0.1, -0.05) is 37.6 Å². The van der Waals surface area contributed by atoms with Crippen molar-refractivity contribution in [3.8, 4) is 0 Å². The summed E-state index contributed by atoms with van der Waals surface area (Å²) in [6.07, 6.45) is 4.37. The summed E-state index contributed by atoms with van der Waals surface area (Å²) >= 11 is 0. The average Bonchev–Trinajstić information content (AvgIpc) is 2.17. The lowest BCUT2D eigenvalue weighted by atomic mass is 9.92. The number of nitrogens with zero attached hydrogens (tertiary/aromatic N) is 1. The van der Waals surface area contributed by atoms with Gasteiger partial charge in [-0.25, -0.2) is 0 Å². The SMILES string of the molecule is Cc1ccc2c(c1)C=NC(CC(C)C)C2. The van der Waals surface area contributed by atoms with Gasteiger partial charge in [0.1, 0.15) is 0 Å². The molecule has 1 heteroatoms. The topological polar surface area (TPSA) is 12.4 Å². The highest BCUT2D eigenvalue weighted by Crippen LogP contribution is 2.21. The second-order valence-corrected chi connectivity index (χ2v) is 4.97. The van der Waals surface area contributed by atoms with Crippen molar-refractivity contribution in [2.24, 2.45) is 10.9 Å². The first-order chi connectivity index (χ1) is 7.15. The summed E-state index contributed by atoms with van der Waals surface area (Å²) < 4.78 is 0. The van der Waals surface area contributed by atoms with Gasteiger partial charge in [-0.3, -0.25) is 4.99 Å². The maximum atomic E-state index is 4.63. The van der Waals surface area contributed by atoms with Crippen molar-refractivity contribution in [1.82, 2.24) is 0 Å². The van der Waals surface area contributed by atoms with Crippen LogP contribution in [0.1, 0.15) is 37.0 Å². The molecule has 2 rings (SSSR count). The van der Waals surface area contributed by atoms with Crippen LogP contribution < -0.4 is 0 Å². The lowest BCUT2D eigenvalue weighted by molar-refractivity contribution is 0.493. The van der Waals surface area contributed by atoms with E-state index in [0.717, 1.165) is 12.3 Å². The van der Waals surface area contributed by atoms with Crippen LogP contribution in [0.5, 0.6) is 0 Å². The normalized spacial score (nSPS) is 19.3. The molecule has 0 N–H and O–H groups in total. The first-order valence-electron chi connectivity index (χ1n) is 5.78. The molecular formula is C14H19N. The van der Waals surface area contributed by atoms with E-state index in [0.29, 0.717) is 6.04 Å². The van der Waals surface area contributed by atoms with E-state index in [2.05, 4.69) is 50.2 Å². The second kappa shape index (κ2) is 4.18. The van der Waals surface area contributed by atoms with Crippen LogP contribution in [0.2, 0.25) is 0 Å². The molecule has 1 nitrogen and oxygen atoms in total. The third kappa shape index (κ3) is 2.47. The monoisotopic (exact) mass is 201 g/mol. The van der Waals surface area contributed by atoms with E-state index in [1.54, 1.807) is 0 Å². The highest BCUT2D eigenvalue weighted by Gasteiger charge is 2.15. The number of hydrogen-bond donors (Lipinski definition) is 0. The minimum atomic E-state index is 0.500. The zero-order valence-electron chi connectivity index (χ0n) is 9.83. The van der Waals surface area contributed by atoms with Crippen molar-refractivity contribution < 1.29 is 0 Å². The quantitative estimate of drug-likeness (QED) is 0.695. The molecule has 0 saturated carbocycles. The molecule has 1 aliphatic heterocycles. The number of rotatable bonds is 2. The van der Waals surface area contributed by atoms with Crippen LogP contribution in [0.3, 0.4) is 0 Å². The van der Waals surface area contributed by atoms with Crippen LogP contribution in [0.25, 0.3) is 0 Å². The first-order valence-corrected chi connectivity index (χ1v) is 5.78. The van der Waals surface area contributed by atoms with Gasteiger partial charge in [0, 0.05) is 6.21 Å².